The van der Waals surface area contributed by atoms with Gasteiger partial charge in [-0.25, -0.2) is 0 Å². The third-order valence-electron chi connectivity index (χ3n) is 6.50. The van der Waals surface area contributed by atoms with Gasteiger partial charge in [0, 0.05) is 44.1 Å². The normalized spacial score (nSPS) is 11.7. The lowest BCUT2D eigenvalue weighted by Gasteiger charge is -2.08. The molecular weight excluding hydrogens is 533 g/mol. The van der Waals surface area contributed by atoms with E-state index >= 15 is 0 Å². The second kappa shape index (κ2) is 11.7. The number of nitrogens with zero attached hydrogens (tertiary/aromatic N) is 2. The van der Waals surface area contributed by atoms with Gasteiger partial charge in [0.1, 0.15) is 11.5 Å². The zero-order valence-corrected chi connectivity index (χ0v) is 22.9. The van der Waals surface area contributed by atoms with Gasteiger partial charge in [0.05, 0.1) is 11.4 Å². The standard InChI is InChI=1S/C34H24N2O2S2/c37-33-25(19-17-23-9-1-3-11-27(23)33)21-35-29-13-5-7-15-31(29)39-40-32-16-8-6-14-30(32)36-22-26-20-18-24-10-2-4-12-28(24)34(26)38/h1-22,37-38H. The SMILES string of the molecule is Oc1c(C=Nc2ccccc2SSc2ccccc2N=Cc2ccc3ccccc3c2O)ccc2ccccc12. The van der Waals surface area contributed by atoms with Crippen LogP contribution in [0.2, 0.25) is 0 Å². The van der Waals surface area contributed by atoms with Crippen LogP contribution in [0.3, 0.4) is 0 Å². The first-order valence-corrected chi connectivity index (χ1v) is 14.8. The van der Waals surface area contributed by atoms with E-state index in [4.69, 9.17) is 9.98 Å². The van der Waals surface area contributed by atoms with Gasteiger partial charge < -0.3 is 10.2 Å². The fraction of sp³-hybridized carbons (Fsp3) is 0. The minimum Gasteiger partial charge on any atom is -0.507 e. The van der Waals surface area contributed by atoms with E-state index in [0.717, 1.165) is 42.7 Å². The van der Waals surface area contributed by atoms with E-state index < -0.39 is 0 Å². The fourth-order valence-electron chi connectivity index (χ4n) is 4.39. The van der Waals surface area contributed by atoms with Crippen molar-refractivity contribution in [2.24, 2.45) is 9.98 Å². The van der Waals surface area contributed by atoms with Crippen molar-refractivity contribution in [1.29, 1.82) is 0 Å². The molecule has 0 saturated carbocycles. The minimum absolute atomic E-state index is 0.227. The quantitative estimate of drug-likeness (QED) is 0.152. The van der Waals surface area contributed by atoms with Crippen LogP contribution in [-0.4, -0.2) is 22.6 Å². The van der Waals surface area contributed by atoms with Crippen molar-refractivity contribution in [2.75, 3.05) is 0 Å². The number of para-hydroxylation sites is 2. The van der Waals surface area contributed by atoms with Crippen LogP contribution < -0.4 is 0 Å². The molecule has 0 aliphatic rings. The van der Waals surface area contributed by atoms with Crippen molar-refractivity contribution in [1.82, 2.24) is 0 Å². The summed E-state index contributed by atoms with van der Waals surface area (Å²) in [6, 6.07) is 39.1. The lowest BCUT2D eigenvalue weighted by molar-refractivity contribution is 0.480. The molecule has 0 heterocycles. The Morgan fingerprint density at radius 2 is 0.850 bits per heavy atom. The van der Waals surface area contributed by atoms with Crippen LogP contribution >= 0.6 is 21.6 Å². The number of fused-ring (bicyclic) bond motifs is 2. The zero-order valence-electron chi connectivity index (χ0n) is 21.3. The molecule has 0 bridgehead atoms. The van der Waals surface area contributed by atoms with Crippen molar-refractivity contribution in [3.05, 3.63) is 132 Å². The predicted octanol–water partition coefficient (Wildman–Crippen LogP) is 9.70. The Kier molecular flexibility index (Phi) is 7.53. The largest absolute Gasteiger partial charge is 0.507 e. The Morgan fingerprint density at radius 3 is 1.32 bits per heavy atom. The highest BCUT2D eigenvalue weighted by Gasteiger charge is 2.09. The molecule has 0 spiro atoms. The molecule has 40 heavy (non-hydrogen) atoms. The lowest BCUT2D eigenvalue weighted by atomic mass is 10.1. The van der Waals surface area contributed by atoms with Crippen molar-refractivity contribution < 1.29 is 10.2 Å². The molecule has 0 amide bonds. The number of phenols is 2. The van der Waals surface area contributed by atoms with E-state index in [9.17, 15) is 10.2 Å². The molecule has 0 aliphatic heterocycles. The summed E-state index contributed by atoms with van der Waals surface area (Å²) < 4.78 is 0. The Hall–Kier alpha value is -4.52. The average Bonchev–Trinajstić information content (AvgIpc) is 3.00. The van der Waals surface area contributed by atoms with Gasteiger partial charge >= 0.3 is 0 Å². The Labute approximate surface area is 240 Å². The van der Waals surface area contributed by atoms with E-state index in [0.29, 0.717) is 11.1 Å². The third-order valence-corrected chi connectivity index (χ3v) is 8.96. The maximum absolute atomic E-state index is 10.8. The summed E-state index contributed by atoms with van der Waals surface area (Å²) in [6.45, 7) is 0. The maximum atomic E-state index is 10.8. The summed E-state index contributed by atoms with van der Waals surface area (Å²) in [7, 11) is 3.20. The van der Waals surface area contributed by atoms with Crippen LogP contribution in [0.15, 0.2) is 141 Å². The second-order valence-corrected chi connectivity index (χ2v) is 11.3. The first-order valence-electron chi connectivity index (χ1n) is 12.7. The smallest absolute Gasteiger partial charge is 0.132 e. The summed E-state index contributed by atoms with van der Waals surface area (Å²) in [5.41, 5.74) is 2.97. The number of aliphatic imine (C=N–C) groups is 2. The zero-order chi connectivity index (χ0) is 27.3. The fourth-order valence-corrected chi connectivity index (χ4v) is 6.63. The highest BCUT2D eigenvalue weighted by Crippen LogP contribution is 2.45. The van der Waals surface area contributed by atoms with Crippen LogP contribution in [0.1, 0.15) is 11.1 Å². The Morgan fingerprint density at radius 1 is 0.450 bits per heavy atom. The molecule has 0 fully saturated rings. The minimum atomic E-state index is 0.227. The Balaban J connectivity index is 1.22. The average molecular weight is 557 g/mol. The summed E-state index contributed by atoms with van der Waals surface area (Å²) in [5.74, 6) is 0.455. The van der Waals surface area contributed by atoms with Crippen molar-refractivity contribution in [2.45, 2.75) is 9.79 Å². The molecule has 194 valence electrons. The number of hydrogen-bond donors (Lipinski definition) is 2. The summed E-state index contributed by atoms with van der Waals surface area (Å²) in [5, 5.41) is 25.1. The summed E-state index contributed by atoms with van der Waals surface area (Å²) >= 11 is 0. The van der Waals surface area contributed by atoms with E-state index in [1.807, 2.05) is 121 Å². The van der Waals surface area contributed by atoms with Crippen LogP contribution in [0.25, 0.3) is 21.5 Å². The van der Waals surface area contributed by atoms with Crippen molar-refractivity contribution in [3.63, 3.8) is 0 Å². The van der Waals surface area contributed by atoms with Gasteiger partial charge in [0.2, 0.25) is 0 Å². The first kappa shape index (κ1) is 25.7. The molecule has 2 N–H and O–H groups in total. The van der Waals surface area contributed by atoms with Gasteiger partial charge in [0.25, 0.3) is 0 Å². The van der Waals surface area contributed by atoms with E-state index in [1.165, 1.54) is 0 Å². The third kappa shape index (κ3) is 5.45. The van der Waals surface area contributed by atoms with Crippen LogP contribution in [0.5, 0.6) is 11.5 Å². The van der Waals surface area contributed by atoms with Gasteiger partial charge in [-0.2, -0.15) is 0 Å². The van der Waals surface area contributed by atoms with Crippen molar-refractivity contribution in [3.8, 4) is 11.5 Å². The topological polar surface area (TPSA) is 65.2 Å². The molecule has 4 nitrogen and oxygen atoms in total. The predicted molar refractivity (Wildman–Crippen MR) is 170 cm³/mol. The molecular formula is C34H24N2O2S2. The second-order valence-electron chi connectivity index (χ2n) is 9.07. The summed E-state index contributed by atoms with van der Waals surface area (Å²) in [4.78, 5) is 11.4. The van der Waals surface area contributed by atoms with Gasteiger partial charge in [-0.1, -0.05) is 107 Å². The lowest BCUT2D eigenvalue weighted by Crippen LogP contribution is -1.85. The summed E-state index contributed by atoms with van der Waals surface area (Å²) in [6.07, 6.45) is 3.42. The van der Waals surface area contributed by atoms with Gasteiger partial charge in [-0.3, -0.25) is 9.98 Å². The number of hydrogen-bond acceptors (Lipinski definition) is 6. The molecule has 0 aliphatic carbocycles. The number of phenolic OH excluding ortho intramolecular Hbond substituents is 2. The highest BCUT2D eigenvalue weighted by molar-refractivity contribution is 8.76. The molecule has 0 unspecified atom stereocenters. The molecule has 6 aromatic rings. The molecule has 0 radical (unpaired) electrons. The highest BCUT2D eigenvalue weighted by atomic mass is 33.1. The molecule has 0 saturated heterocycles. The van der Waals surface area contributed by atoms with Crippen molar-refractivity contribution >= 4 is 66.9 Å². The molecule has 0 atom stereocenters. The van der Waals surface area contributed by atoms with E-state index in [1.54, 1.807) is 34.0 Å². The monoisotopic (exact) mass is 556 g/mol. The van der Waals surface area contributed by atoms with Crippen LogP contribution in [-0.2, 0) is 0 Å². The van der Waals surface area contributed by atoms with Gasteiger partial charge in [0.15, 0.2) is 0 Å². The maximum Gasteiger partial charge on any atom is 0.132 e. The van der Waals surface area contributed by atoms with E-state index in [2.05, 4.69) is 0 Å². The number of rotatable bonds is 7. The molecule has 6 heteroatoms. The number of aromatic hydroxyl groups is 2. The van der Waals surface area contributed by atoms with Crippen LogP contribution in [0, 0.1) is 0 Å². The van der Waals surface area contributed by atoms with Gasteiger partial charge in [-0.15, -0.1) is 0 Å². The first-order chi connectivity index (χ1) is 19.7. The number of benzene rings is 6. The molecule has 6 rings (SSSR count). The van der Waals surface area contributed by atoms with Gasteiger partial charge in [-0.05, 0) is 47.2 Å². The molecule has 6 aromatic carbocycles. The van der Waals surface area contributed by atoms with E-state index in [-0.39, 0.29) is 11.5 Å². The molecule has 0 aromatic heterocycles. The Bertz CT molecular complexity index is 1760. The van der Waals surface area contributed by atoms with Crippen LogP contribution in [0.4, 0.5) is 11.4 Å².